The van der Waals surface area contributed by atoms with Gasteiger partial charge in [-0.3, -0.25) is 9.59 Å². The number of thioether (sulfide) groups is 1. The van der Waals surface area contributed by atoms with Crippen LogP contribution in [0.15, 0.2) is 120 Å². The highest BCUT2D eigenvalue weighted by Crippen LogP contribution is 2.22. The number of nitrogens with zero attached hydrogens (tertiary/aromatic N) is 1. The van der Waals surface area contributed by atoms with Gasteiger partial charge in [0.2, 0.25) is 0 Å². The molecule has 4 aromatic carbocycles. The molecule has 0 fully saturated rings. The molecule has 6 nitrogen and oxygen atoms in total. The van der Waals surface area contributed by atoms with E-state index in [-0.39, 0.29) is 5.70 Å². The summed E-state index contributed by atoms with van der Waals surface area (Å²) in [6, 6.07) is 35.2. The van der Waals surface area contributed by atoms with E-state index in [9.17, 15) is 9.59 Å². The van der Waals surface area contributed by atoms with Gasteiger partial charge in [0.1, 0.15) is 18.1 Å². The Morgan fingerprint density at radius 1 is 0.868 bits per heavy atom. The van der Waals surface area contributed by atoms with Gasteiger partial charge in [-0.25, -0.2) is 0 Å². The van der Waals surface area contributed by atoms with E-state index >= 15 is 0 Å². The monoisotopic (exact) mass is 519 g/mol. The number of hydrogen-bond donors (Lipinski definition) is 2. The number of carbonyl (C=O) groups excluding carboxylic acids is 2. The minimum Gasteiger partial charge on any atom is -0.489 e. The summed E-state index contributed by atoms with van der Waals surface area (Å²) in [6.45, 7) is 0.447. The van der Waals surface area contributed by atoms with Crippen molar-refractivity contribution in [2.75, 3.05) is 11.1 Å². The first kappa shape index (κ1) is 26.3. The molecule has 0 radical (unpaired) electrons. The molecule has 188 valence electrons. The van der Waals surface area contributed by atoms with Crippen LogP contribution in [0.4, 0.5) is 5.69 Å². The molecule has 0 spiro atoms. The summed E-state index contributed by atoms with van der Waals surface area (Å²) >= 11 is 1.38. The first-order valence-electron chi connectivity index (χ1n) is 11.9. The van der Waals surface area contributed by atoms with Crippen LogP contribution < -0.4 is 15.4 Å². The molecule has 0 saturated heterocycles. The normalized spacial score (nSPS) is 10.8. The molecule has 0 atom stereocenters. The second-order valence-electron chi connectivity index (χ2n) is 8.15. The quantitative estimate of drug-likeness (QED) is 0.190. The van der Waals surface area contributed by atoms with E-state index in [2.05, 4.69) is 16.7 Å². The third kappa shape index (κ3) is 7.85. The number of amides is 2. The number of rotatable bonds is 10. The van der Waals surface area contributed by atoms with Crippen molar-refractivity contribution >= 4 is 35.3 Å². The largest absolute Gasteiger partial charge is 0.489 e. The Morgan fingerprint density at radius 2 is 1.58 bits per heavy atom. The molecule has 4 rings (SSSR count). The molecule has 38 heavy (non-hydrogen) atoms. The lowest BCUT2D eigenvalue weighted by Gasteiger charge is -2.12. The van der Waals surface area contributed by atoms with Crippen LogP contribution in [0.3, 0.4) is 0 Å². The predicted molar refractivity (Wildman–Crippen MR) is 151 cm³/mol. The highest BCUT2D eigenvalue weighted by atomic mass is 32.2. The minimum absolute atomic E-state index is 0.0897. The van der Waals surface area contributed by atoms with Crippen molar-refractivity contribution in [3.05, 3.63) is 132 Å². The van der Waals surface area contributed by atoms with Crippen LogP contribution in [0, 0.1) is 11.3 Å². The van der Waals surface area contributed by atoms with Crippen LogP contribution in [0.5, 0.6) is 5.75 Å². The van der Waals surface area contributed by atoms with Crippen LogP contribution in [-0.2, 0) is 11.4 Å². The van der Waals surface area contributed by atoms with Gasteiger partial charge in [0.15, 0.2) is 0 Å². The zero-order valence-corrected chi connectivity index (χ0v) is 21.3. The number of nitrogens with one attached hydrogen (secondary N) is 2. The molecule has 0 aliphatic carbocycles. The van der Waals surface area contributed by atoms with E-state index in [1.54, 1.807) is 48.5 Å². The van der Waals surface area contributed by atoms with Crippen LogP contribution in [0.2, 0.25) is 0 Å². The second kappa shape index (κ2) is 13.5. The average Bonchev–Trinajstić information content (AvgIpc) is 2.96. The van der Waals surface area contributed by atoms with Gasteiger partial charge >= 0.3 is 0 Å². The lowest BCUT2D eigenvalue weighted by atomic mass is 10.1. The highest BCUT2D eigenvalue weighted by molar-refractivity contribution is 7.99. The first-order valence-corrected chi connectivity index (χ1v) is 12.9. The highest BCUT2D eigenvalue weighted by Gasteiger charge is 2.15. The van der Waals surface area contributed by atoms with Crippen molar-refractivity contribution in [2.45, 2.75) is 11.5 Å². The number of anilines is 1. The maximum Gasteiger partial charge on any atom is 0.272 e. The standard InChI is InChI=1S/C31H25N3O3S/c32-18-19-38-28-13-7-12-26(21-28)33-31(36)29(34-30(35)25-10-5-2-6-11-25)20-23-14-16-27(17-15-23)37-22-24-8-3-1-4-9-24/h1-17,20-21H,19,22H2,(H,33,36)(H,34,35)/b29-20+. The lowest BCUT2D eigenvalue weighted by molar-refractivity contribution is -0.113. The topological polar surface area (TPSA) is 91.2 Å². The van der Waals surface area contributed by atoms with E-state index < -0.39 is 11.8 Å². The van der Waals surface area contributed by atoms with Crippen molar-refractivity contribution in [3.8, 4) is 11.8 Å². The van der Waals surface area contributed by atoms with Gasteiger partial charge < -0.3 is 15.4 Å². The minimum atomic E-state index is -0.471. The summed E-state index contributed by atoms with van der Waals surface area (Å²) in [5.74, 6) is 0.132. The molecular formula is C31H25N3O3S. The Kier molecular flexibility index (Phi) is 9.33. The van der Waals surface area contributed by atoms with Gasteiger partial charge in [0.25, 0.3) is 11.8 Å². The summed E-state index contributed by atoms with van der Waals surface area (Å²) in [5, 5.41) is 14.4. The van der Waals surface area contributed by atoms with E-state index in [1.807, 2.05) is 66.7 Å². The fraction of sp³-hybridized carbons (Fsp3) is 0.0645. The fourth-order valence-electron chi connectivity index (χ4n) is 3.49. The molecule has 0 aliphatic heterocycles. The molecule has 4 aromatic rings. The van der Waals surface area contributed by atoms with Crippen molar-refractivity contribution in [2.24, 2.45) is 0 Å². The maximum atomic E-state index is 13.3. The molecule has 0 aliphatic rings. The zero-order chi connectivity index (χ0) is 26.6. The SMILES string of the molecule is N#CCSc1cccc(NC(=O)/C(=C\c2ccc(OCc3ccccc3)cc2)NC(=O)c2ccccc2)c1. The third-order valence-electron chi connectivity index (χ3n) is 5.36. The summed E-state index contributed by atoms with van der Waals surface area (Å²) in [5.41, 5.74) is 2.86. The molecular weight excluding hydrogens is 494 g/mol. The van der Waals surface area contributed by atoms with Gasteiger partial charge in [-0.2, -0.15) is 5.26 Å². The Morgan fingerprint density at radius 3 is 2.29 bits per heavy atom. The van der Waals surface area contributed by atoms with E-state index in [0.29, 0.717) is 34.9 Å². The van der Waals surface area contributed by atoms with Gasteiger partial charge in [-0.1, -0.05) is 66.7 Å². The molecule has 0 saturated carbocycles. The van der Waals surface area contributed by atoms with Gasteiger partial charge in [-0.05, 0) is 59.7 Å². The molecule has 7 heteroatoms. The lowest BCUT2D eigenvalue weighted by Crippen LogP contribution is -2.30. The van der Waals surface area contributed by atoms with Crippen molar-refractivity contribution in [3.63, 3.8) is 0 Å². The van der Waals surface area contributed by atoms with Crippen LogP contribution in [-0.4, -0.2) is 17.6 Å². The summed E-state index contributed by atoms with van der Waals surface area (Å²) in [4.78, 5) is 27.0. The zero-order valence-electron chi connectivity index (χ0n) is 20.5. The molecule has 0 unspecified atom stereocenters. The Labute approximate surface area is 226 Å². The smallest absolute Gasteiger partial charge is 0.272 e. The van der Waals surface area contributed by atoms with Crippen LogP contribution in [0.1, 0.15) is 21.5 Å². The van der Waals surface area contributed by atoms with E-state index in [0.717, 1.165) is 10.5 Å². The van der Waals surface area contributed by atoms with Crippen LogP contribution >= 0.6 is 11.8 Å². The van der Waals surface area contributed by atoms with Gasteiger partial charge in [0, 0.05) is 16.1 Å². The third-order valence-corrected chi connectivity index (χ3v) is 6.22. The maximum absolute atomic E-state index is 13.3. The molecule has 2 amide bonds. The average molecular weight is 520 g/mol. The number of nitriles is 1. The number of ether oxygens (including phenoxy) is 1. The summed E-state index contributed by atoms with van der Waals surface area (Å²) in [7, 11) is 0. The van der Waals surface area contributed by atoms with E-state index in [1.165, 1.54) is 11.8 Å². The van der Waals surface area contributed by atoms with Gasteiger partial charge in [-0.15, -0.1) is 11.8 Å². The second-order valence-corrected chi connectivity index (χ2v) is 9.20. The fourth-order valence-corrected chi connectivity index (χ4v) is 4.10. The molecule has 0 heterocycles. The number of carbonyl (C=O) groups is 2. The van der Waals surface area contributed by atoms with Crippen molar-refractivity contribution < 1.29 is 14.3 Å². The number of hydrogen-bond acceptors (Lipinski definition) is 5. The Bertz CT molecular complexity index is 1450. The Balaban J connectivity index is 1.52. The first-order chi connectivity index (χ1) is 18.6. The molecule has 2 N–H and O–H groups in total. The Hall–Kier alpha value is -4.80. The van der Waals surface area contributed by atoms with Crippen LogP contribution in [0.25, 0.3) is 6.08 Å². The predicted octanol–water partition coefficient (Wildman–Crippen LogP) is 6.29. The van der Waals surface area contributed by atoms with Crippen molar-refractivity contribution in [1.82, 2.24) is 5.32 Å². The summed E-state index contributed by atoms with van der Waals surface area (Å²) in [6.07, 6.45) is 1.62. The van der Waals surface area contributed by atoms with E-state index in [4.69, 9.17) is 10.00 Å². The van der Waals surface area contributed by atoms with Gasteiger partial charge in [0.05, 0.1) is 11.8 Å². The van der Waals surface area contributed by atoms with Crippen molar-refractivity contribution in [1.29, 1.82) is 5.26 Å². The summed E-state index contributed by atoms with van der Waals surface area (Å²) < 4.78 is 5.85. The molecule has 0 bridgehead atoms. The molecule has 0 aromatic heterocycles. The number of benzene rings is 4.